The molecular formula is C9H19O3P. The Morgan fingerprint density at radius 1 is 1.38 bits per heavy atom. The molecule has 3 nitrogen and oxygen atoms in total. The van der Waals surface area contributed by atoms with Crippen molar-refractivity contribution >= 4 is 7.60 Å². The molecule has 1 atom stereocenters. The first kappa shape index (κ1) is 12.9. The van der Waals surface area contributed by atoms with Crippen molar-refractivity contribution in [3.8, 4) is 0 Å². The minimum atomic E-state index is -2.86. The average Bonchev–Trinajstić information content (AvgIpc) is 2.04. The third-order valence-corrected chi connectivity index (χ3v) is 3.89. The summed E-state index contributed by atoms with van der Waals surface area (Å²) in [6.07, 6.45) is 2.17. The van der Waals surface area contributed by atoms with Crippen molar-refractivity contribution in [3.63, 3.8) is 0 Å². The lowest BCUT2D eigenvalue weighted by Gasteiger charge is -2.18. The molecule has 0 N–H and O–H groups in total. The highest BCUT2D eigenvalue weighted by molar-refractivity contribution is 7.53. The van der Waals surface area contributed by atoms with Crippen molar-refractivity contribution in [2.45, 2.75) is 20.8 Å². The third kappa shape index (κ3) is 5.25. The second-order valence-electron chi connectivity index (χ2n) is 2.84. The van der Waals surface area contributed by atoms with E-state index in [9.17, 15) is 4.57 Å². The highest BCUT2D eigenvalue weighted by Gasteiger charge is 2.24. The second kappa shape index (κ2) is 6.36. The molecule has 0 saturated heterocycles. The lowest BCUT2D eigenvalue weighted by atomic mass is 10.2. The van der Waals surface area contributed by atoms with E-state index in [-0.39, 0.29) is 5.92 Å². The molecule has 0 heterocycles. The van der Waals surface area contributed by atoms with Crippen LogP contribution in [0.4, 0.5) is 0 Å². The van der Waals surface area contributed by atoms with E-state index in [1.165, 1.54) is 0 Å². The van der Waals surface area contributed by atoms with Gasteiger partial charge in [0.05, 0.1) is 19.4 Å². The van der Waals surface area contributed by atoms with E-state index in [1.54, 1.807) is 6.08 Å². The molecule has 0 bridgehead atoms. The Morgan fingerprint density at radius 2 is 1.85 bits per heavy atom. The van der Waals surface area contributed by atoms with Gasteiger partial charge in [-0.05, 0) is 19.8 Å². The van der Waals surface area contributed by atoms with Gasteiger partial charge in [0.25, 0.3) is 0 Å². The van der Waals surface area contributed by atoms with Crippen LogP contribution in [0.3, 0.4) is 0 Å². The molecule has 13 heavy (non-hydrogen) atoms. The Labute approximate surface area is 80.7 Å². The highest BCUT2D eigenvalue weighted by atomic mass is 31.2. The first-order chi connectivity index (χ1) is 6.08. The fourth-order valence-electron chi connectivity index (χ4n) is 0.963. The van der Waals surface area contributed by atoms with Crippen molar-refractivity contribution in [2.75, 3.05) is 19.4 Å². The molecule has 0 saturated carbocycles. The standard InChI is InChI=1S/C9H19O3P/c1-5-9(4)8-13(10,11-6-2)12-7-3/h5,9H,1,6-8H2,2-4H3/t9-/m1/s1. The van der Waals surface area contributed by atoms with Gasteiger partial charge in [0, 0.05) is 0 Å². The van der Waals surface area contributed by atoms with Gasteiger partial charge in [0.15, 0.2) is 0 Å². The molecule has 0 aromatic rings. The summed E-state index contributed by atoms with van der Waals surface area (Å²) in [7, 11) is -2.86. The van der Waals surface area contributed by atoms with Gasteiger partial charge in [-0.15, -0.1) is 6.58 Å². The molecule has 0 spiro atoms. The third-order valence-electron chi connectivity index (χ3n) is 1.57. The highest BCUT2D eigenvalue weighted by Crippen LogP contribution is 2.49. The maximum atomic E-state index is 11.9. The predicted molar refractivity (Wildman–Crippen MR) is 55.1 cm³/mol. The average molecular weight is 206 g/mol. The van der Waals surface area contributed by atoms with Gasteiger partial charge in [-0.25, -0.2) is 0 Å². The summed E-state index contributed by atoms with van der Waals surface area (Å²) in [5, 5.41) is 0. The van der Waals surface area contributed by atoms with Gasteiger partial charge in [-0.2, -0.15) is 0 Å². The molecule has 0 rings (SSSR count). The maximum absolute atomic E-state index is 11.9. The molecule has 0 aromatic carbocycles. The van der Waals surface area contributed by atoms with E-state index >= 15 is 0 Å². The van der Waals surface area contributed by atoms with E-state index in [0.29, 0.717) is 19.4 Å². The summed E-state index contributed by atoms with van der Waals surface area (Å²) < 4.78 is 22.1. The second-order valence-corrected chi connectivity index (χ2v) is 4.95. The van der Waals surface area contributed by atoms with Crippen LogP contribution in [0.15, 0.2) is 12.7 Å². The van der Waals surface area contributed by atoms with Crippen LogP contribution >= 0.6 is 7.60 Å². The Bertz CT molecular complexity index is 181. The molecule has 4 heteroatoms. The van der Waals surface area contributed by atoms with Crippen molar-refractivity contribution in [1.29, 1.82) is 0 Å². The van der Waals surface area contributed by atoms with Crippen molar-refractivity contribution < 1.29 is 13.6 Å². The van der Waals surface area contributed by atoms with Gasteiger partial charge in [-0.3, -0.25) is 4.57 Å². The smallest absolute Gasteiger partial charge is 0.309 e. The zero-order valence-corrected chi connectivity index (χ0v) is 9.55. The number of allylic oxidation sites excluding steroid dienone is 1. The van der Waals surface area contributed by atoms with E-state index in [0.717, 1.165) is 0 Å². The summed E-state index contributed by atoms with van der Waals surface area (Å²) in [5.41, 5.74) is 0. The molecular weight excluding hydrogens is 187 g/mol. The molecule has 0 aliphatic rings. The number of rotatable bonds is 7. The monoisotopic (exact) mass is 206 g/mol. The molecule has 0 aliphatic carbocycles. The van der Waals surface area contributed by atoms with Crippen LogP contribution in [0, 0.1) is 5.92 Å². The number of hydrogen-bond acceptors (Lipinski definition) is 3. The van der Waals surface area contributed by atoms with E-state index in [1.807, 2.05) is 20.8 Å². The minimum absolute atomic E-state index is 0.156. The first-order valence-electron chi connectivity index (χ1n) is 4.58. The van der Waals surface area contributed by atoms with E-state index in [4.69, 9.17) is 9.05 Å². The Kier molecular flexibility index (Phi) is 6.31. The van der Waals surface area contributed by atoms with Crippen molar-refractivity contribution in [1.82, 2.24) is 0 Å². The van der Waals surface area contributed by atoms with Crippen LogP contribution in [-0.2, 0) is 13.6 Å². The Hall–Kier alpha value is -0.110. The summed E-state index contributed by atoms with van der Waals surface area (Å²) >= 11 is 0. The zero-order chi connectivity index (χ0) is 10.3. The lowest BCUT2D eigenvalue weighted by molar-refractivity contribution is 0.218. The fourth-order valence-corrected chi connectivity index (χ4v) is 2.89. The van der Waals surface area contributed by atoms with E-state index in [2.05, 4.69) is 6.58 Å². The van der Waals surface area contributed by atoms with Crippen LogP contribution in [0.1, 0.15) is 20.8 Å². The lowest BCUT2D eigenvalue weighted by Crippen LogP contribution is -2.05. The summed E-state index contributed by atoms with van der Waals surface area (Å²) in [6.45, 7) is 10.0. The molecule has 0 aliphatic heterocycles. The van der Waals surface area contributed by atoms with Crippen LogP contribution in [0.25, 0.3) is 0 Å². The summed E-state index contributed by atoms with van der Waals surface area (Å²) in [4.78, 5) is 0. The van der Waals surface area contributed by atoms with Crippen LogP contribution in [0.2, 0.25) is 0 Å². The van der Waals surface area contributed by atoms with Crippen LogP contribution < -0.4 is 0 Å². The number of hydrogen-bond donors (Lipinski definition) is 0. The Balaban J connectivity index is 4.22. The first-order valence-corrected chi connectivity index (χ1v) is 6.31. The molecule has 0 unspecified atom stereocenters. The summed E-state index contributed by atoms with van der Waals surface area (Å²) in [6, 6.07) is 0. The van der Waals surface area contributed by atoms with Gasteiger partial charge in [-0.1, -0.05) is 13.0 Å². The van der Waals surface area contributed by atoms with Crippen molar-refractivity contribution in [3.05, 3.63) is 12.7 Å². The maximum Gasteiger partial charge on any atom is 0.331 e. The Morgan fingerprint density at radius 3 is 2.15 bits per heavy atom. The SMILES string of the molecule is C=C[C@@H](C)CP(=O)(OCC)OCC. The van der Waals surface area contributed by atoms with Gasteiger partial charge >= 0.3 is 7.60 Å². The largest absolute Gasteiger partial charge is 0.331 e. The van der Waals surface area contributed by atoms with Crippen LogP contribution in [-0.4, -0.2) is 19.4 Å². The summed E-state index contributed by atoms with van der Waals surface area (Å²) in [5.74, 6) is 0.156. The topological polar surface area (TPSA) is 35.5 Å². The van der Waals surface area contributed by atoms with Crippen LogP contribution in [0.5, 0.6) is 0 Å². The molecule has 0 amide bonds. The van der Waals surface area contributed by atoms with E-state index < -0.39 is 7.60 Å². The van der Waals surface area contributed by atoms with Crippen molar-refractivity contribution in [2.24, 2.45) is 5.92 Å². The molecule has 0 fully saturated rings. The van der Waals surface area contributed by atoms with Gasteiger partial charge in [0.2, 0.25) is 0 Å². The van der Waals surface area contributed by atoms with Gasteiger partial charge in [0.1, 0.15) is 0 Å². The minimum Gasteiger partial charge on any atom is -0.309 e. The normalized spacial score (nSPS) is 14.1. The zero-order valence-electron chi connectivity index (χ0n) is 8.66. The van der Waals surface area contributed by atoms with Gasteiger partial charge < -0.3 is 9.05 Å². The fraction of sp³-hybridized carbons (Fsp3) is 0.778. The molecule has 78 valence electrons. The molecule has 0 aromatic heterocycles. The quantitative estimate of drug-likeness (QED) is 0.474. The molecule has 0 radical (unpaired) electrons. The predicted octanol–water partition coefficient (Wildman–Crippen LogP) is 3.07.